The molecule has 0 aromatic heterocycles. The lowest BCUT2D eigenvalue weighted by atomic mass is 9.83. The van der Waals surface area contributed by atoms with E-state index in [-0.39, 0.29) is 11.6 Å². The second-order valence-electron chi connectivity index (χ2n) is 5.13. The first-order chi connectivity index (χ1) is 7.34. The zero-order valence-electron chi connectivity index (χ0n) is 10.9. The van der Waals surface area contributed by atoms with Crippen molar-refractivity contribution in [3.05, 3.63) is 29.8 Å². The molecule has 2 N–H and O–H groups in total. The van der Waals surface area contributed by atoms with E-state index in [1.54, 1.807) is 0 Å². The summed E-state index contributed by atoms with van der Waals surface area (Å²) in [7, 11) is 0. The van der Waals surface area contributed by atoms with E-state index in [0.717, 1.165) is 11.3 Å². The Labute approximate surface area is 98.8 Å². The van der Waals surface area contributed by atoms with Crippen LogP contribution < -0.4 is 10.5 Å². The first-order valence-corrected chi connectivity index (χ1v) is 5.90. The average Bonchev–Trinajstić information content (AvgIpc) is 2.17. The van der Waals surface area contributed by atoms with Crippen molar-refractivity contribution in [1.29, 1.82) is 0 Å². The molecule has 1 aromatic carbocycles. The van der Waals surface area contributed by atoms with E-state index in [1.165, 1.54) is 0 Å². The fraction of sp³-hybridized carbons (Fsp3) is 0.571. The quantitative estimate of drug-likeness (QED) is 0.846. The van der Waals surface area contributed by atoms with Gasteiger partial charge in [0.05, 0.1) is 6.10 Å². The van der Waals surface area contributed by atoms with E-state index in [2.05, 4.69) is 32.9 Å². The Hall–Kier alpha value is -1.02. The van der Waals surface area contributed by atoms with Gasteiger partial charge in [-0.05, 0) is 44.4 Å². The van der Waals surface area contributed by atoms with Crippen LogP contribution in [0.25, 0.3) is 0 Å². The lowest BCUT2D eigenvalue weighted by Gasteiger charge is -2.29. The van der Waals surface area contributed by atoms with Crippen LogP contribution >= 0.6 is 0 Å². The maximum absolute atomic E-state index is 6.29. The van der Waals surface area contributed by atoms with Crippen LogP contribution in [0.2, 0.25) is 0 Å². The third-order valence-corrected chi connectivity index (χ3v) is 3.05. The molecule has 0 heterocycles. The fourth-order valence-electron chi connectivity index (χ4n) is 1.50. The molecule has 0 saturated heterocycles. The standard InChI is InChI=1S/C14H23NO/c1-10(2)14(5,15)12-6-8-13(9-7-12)16-11(3)4/h6-11H,15H2,1-5H3. The predicted molar refractivity (Wildman–Crippen MR) is 68.6 cm³/mol. The van der Waals surface area contributed by atoms with Gasteiger partial charge in [0, 0.05) is 5.54 Å². The molecule has 0 aliphatic carbocycles. The summed E-state index contributed by atoms with van der Waals surface area (Å²) in [6.07, 6.45) is 0.209. The summed E-state index contributed by atoms with van der Waals surface area (Å²) in [4.78, 5) is 0. The van der Waals surface area contributed by atoms with Crippen molar-refractivity contribution >= 4 is 0 Å². The number of nitrogens with two attached hydrogens (primary N) is 1. The third-order valence-electron chi connectivity index (χ3n) is 3.05. The van der Waals surface area contributed by atoms with E-state index >= 15 is 0 Å². The second-order valence-corrected chi connectivity index (χ2v) is 5.13. The minimum Gasteiger partial charge on any atom is -0.491 e. The Morgan fingerprint density at radius 1 is 1.06 bits per heavy atom. The summed E-state index contributed by atoms with van der Waals surface area (Å²) in [6.45, 7) is 10.4. The Morgan fingerprint density at radius 3 is 1.94 bits per heavy atom. The molecule has 0 amide bonds. The molecule has 90 valence electrons. The normalized spacial score (nSPS) is 15.2. The lowest BCUT2D eigenvalue weighted by Crippen LogP contribution is -2.38. The first-order valence-electron chi connectivity index (χ1n) is 5.90. The van der Waals surface area contributed by atoms with E-state index in [9.17, 15) is 0 Å². The highest BCUT2D eigenvalue weighted by molar-refractivity contribution is 5.31. The van der Waals surface area contributed by atoms with Crippen LogP contribution in [0.3, 0.4) is 0 Å². The number of rotatable bonds is 4. The van der Waals surface area contributed by atoms with Gasteiger partial charge in [0.25, 0.3) is 0 Å². The molecule has 16 heavy (non-hydrogen) atoms. The van der Waals surface area contributed by atoms with Gasteiger partial charge in [-0.1, -0.05) is 26.0 Å². The lowest BCUT2D eigenvalue weighted by molar-refractivity contribution is 0.242. The molecular formula is C14H23NO. The second kappa shape index (κ2) is 4.88. The molecular weight excluding hydrogens is 198 g/mol. The molecule has 0 radical (unpaired) electrons. The van der Waals surface area contributed by atoms with Crippen LogP contribution in [0, 0.1) is 5.92 Å². The molecule has 1 atom stereocenters. The van der Waals surface area contributed by atoms with Crippen LogP contribution in [-0.2, 0) is 5.54 Å². The smallest absolute Gasteiger partial charge is 0.119 e. The van der Waals surface area contributed by atoms with Gasteiger partial charge in [-0.25, -0.2) is 0 Å². The van der Waals surface area contributed by atoms with Crippen LogP contribution in [0.1, 0.15) is 40.2 Å². The maximum atomic E-state index is 6.29. The largest absolute Gasteiger partial charge is 0.491 e. The topological polar surface area (TPSA) is 35.2 Å². The molecule has 0 fully saturated rings. The van der Waals surface area contributed by atoms with Gasteiger partial charge in [0.2, 0.25) is 0 Å². The van der Waals surface area contributed by atoms with E-state index in [1.807, 2.05) is 26.0 Å². The predicted octanol–water partition coefficient (Wildman–Crippen LogP) is 3.30. The first kappa shape index (κ1) is 13.0. The molecule has 0 bridgehead atoms. The minimum atomic E-state index is -0.281. The Kier molecular flexibility index (Phi) is 3.98. The van der Waals surface area contributed by atoms with Crippen LogP contribution in [0.15, 0.2) is 24.3 Å². The molecule has 1 unspecified atom stereocenters. The van der Waals surface area contributed by atoms with E-state index in [0.29, 0.717) is 5.92 Å². The van der Waals surface area contributed by atoms with Gasteiger partial charge in [-0.2, -0.15) is 0 Å². The summed E-state index contributed by atoms with van der Waals surface area (Å²) in [5, 5.41) is 0. The van der Waals surface area contributed by atoms with Crippen molar-refractivity contribution in [3.8, 4) is 5.75 Å². The fourth-order valence-corrected chi connectivity index (χ4v) is 1.50. The molecule has 1 aromatic rings. The molecule has 0 spiro atoms. The van der Waals surface area contributed by atoms with Gasteiger partial charge in [0.15, 0.2) is 0 Å². The summed E-state index contributed by atoms with van der Waals surface area (Å²) >= 11 is 0. The number of hydrogen-bond acceptors (Lipinski definition) is 2. The third kappa shape index (κ3) is 2.99. The van der Waals surface area contributed by atoms with Crippen LogP contribution in [0.5, 0.6) is 5.75 Å². The van der Waals surface area contributed by atoms with E-state index < -0.39 is 0 Å². The maximum Gasteiger partial charge on any atom is 0.119 e. The van der Waals surface area contributed by atoms with Gasteiger partial charge in [-0.3, -0.25) is 0 Å². The van der Waals surface area contributed by atoms with Crippen molar-refractivity contribution in [1.82, 2.24) is 0 Å². The number of ether oxygens (including phenoxy) is 1. The monoisotopic (exact) mass is 221 g/mol. The average molecular weight is 221 g/mol. The molecule has 0 saturated carbocycles. The summed E-state index contributed by atoms with van der Waals surface area (Å²) < 4.78 is 5.60. The van der Waals surface area contributed by atoms with Gasteiger partial charge >= 0.3 is 0 Å². The van der Waals surface area contributed by atoms with Crippen molar-refractivity contribution in [3.63, 3.8) is 0 Å². The van der Waals surface area contributed by atoms with Crippen molar-refractivity contribution in [2.75, 3.05) is 0 Å². The van der Waals surface area contributed by atoms with Crippen LogP contribution in [0.4, 0.5) is 0 Å². The molecule has 0 aliphatic rings. The Balaban J connectivity index is 2.86. The zero-order valence-corrected chi connectivity index (χ0v) is 10.9. The molecule has 0 aliphatic heterocycles. The highest BCUT2D eigenvalue weighted by Crippen LogP contribution is 2.27. The van der Waals surface area contributed by atoms with Gasteiger partial charge < -0.3 is 10.5 Å². The van der Waals surface area contributed by atoms with Crippen molar-refractivity contribution in [2.24, 2.45) is 11.7 Å². The highest BCUT2D eigenvalue weighted by atomic mass is 16.5. The van der Waals surface area contributed by atoms with Gasteiger partial charge in [-0.15, -0.1) is 0 Å². The van der Waals surface area contributed by atoms with E-state index in [4.69, 9.17) is 10.5 Å². The zero-order chi connectivity index (χ0) is 12.3. The summed E-state index contributed by atoms with van der Waals surface area (Å²) in [6, 6.07) is 8.08. The molecule has 2 nitrogen and oxygen atoms in total. The minimum absolute atomic E-state index is 0.209. The van der Waals surface area contributed by atoms with Crippen LogP contribution in [-0.4, -0.2) is 6.10 Å². The number of hydrogen-bond donors (Lipinski definition) is 1. The number of benzene rings is 1. The molecule has 2 heteroatoms. The Bertz CT molecular complexity index is 325. The van der Waals surface area contributed by atoms with Crippen molar-refractivity contribution in [2.45, 2.75) is 46.3 Å². The SMILES string of the molecule is CC(C)Oc1ccc(C(C)(N)C(C)C)cc1. The van der Waals surface area contributed by atoms with Crippen molar-refractivity contribution < 1.29 is 4.74 Å². The Morgan fingerprint density at radius 2 is 1.56 bits per heavy atom. The van der Waals surface area contributed by atoms with Gasteiger partial charge in [0.1, 0.15) is 5.75 Å². The summed E-state index contributed by atoms with van der Waals surface area (Å²) in [5.74, 6) is 1.31. The summed E-state index contributed by atoms with van der Waals surface area (Å²) in [5.41, 5.74) is 7.16. The highest BCUT2D eigenvalue weighted by Gasteiger charge is 2.24. The molecule has 1 rings (SSSR count).